The Hall–Kier alpha value is -3.73. The van der Waals surface area contributed by atoms with Gasteiger partial charge in [0.15, 0.2) is 0 Å². The molecule has 0 saturated heterocycles. The Kier molecular flexibility index (Phi) is 6.31. The van der Waals surface area contributed by atoms with E-state index in [-0.39, 0.29) is 11.5 Å². The average Bonchev–Trinajstić information content (AvgIpc) is 2.77. The smallest absolute Gasteiger partial charge is 0.213 e. The van der Waals surface area contributed by atoms with Crippen LogP contribution in [0, 0.1) is 0 Å². The molecule has 3 aromatic carbocycles. The van der Waals surface area contributed by atoms with Gasteiger partial charge in [0.1, 0.15) is 17.2 Å². The summed E-state index contributed by atoms with van der Waals surface area (Å²) in [6, 6.07) is 23.7. The predicted octanol–water partition coefficient (Wildman–Crippen LogP) is 4.41. The van der Waals surface area contributed by atoms with Gasteiger partial charge in [-0.25, -0.2) is 0 Å². The highest BCUT2D eigenvalue weighted by Crippen LogP contribution is 2.23. The molecule has 0 spiro atoms. The fraction of sp³-hybridized carbons (Fsp3) is 0.0870. The number of carbonyl (C=O) groups is 1. The Morgan fingerprint density at radius 1 is 0.821 bits per heavy atom. The maximum absolute atomic E-state index is 12.9. The average molecular weight is 372 g/mol. The maximum atomic E-state index is 12.9. The lowest BCUT2D eigenvalue weighted by Gasteiger charge is -2.07. The molecule has 0 saturated carbocycles. The van der Waals surface area contributed by atoms with Crippen LogP contribution in [0.25, 0.3) is 0 Å². The number of benzene rings is 3. The van der Waals surface area contributed by atoms with E-state index >= 15 is 0 Å². The molecular weight excluding hydrogens is 352 g/mol. The Morgan fingerprint density at radius 2 is 1.46 bits per heavy atom. The zero-order valence-corrected chi connectivity index (χ0v) is 15.7. The third-order valence-electron chi connectivity index (χ3n) is 4.09. The van der Waals surface area contributed by atoms with E-state index < -0.39 is 0 Å². The first-order valence-electron chi connectivity index (χ1n) is 8.71. The normalized spacial score (nSPS) is 11.4. The van der Waals surface area contributed by atoms with E-state index in [4.69, 9.17) is 9.47 Å². The van der Waals surface area contributed by atoms with Crippen LogP contribution < -0.4 is 9.47 Å². The van der Waals surface area contributed by atoms with Gasteiger partial charge in [-0.3, -0.25) is 4.79 Å². The first-order valence-corrected chi connectivity index (χ1v) is 8.71. The molecule has 0 fully saturated rings. The monoisotopic (exact) mass is 372 g/mol. The van der Waals surface area contributed by atoms with Gasteiger partial charge in [-0.2, -0.15) is 5.10 Å². The topological polar surface area (TPSA) is 60.2 Å². The fourth-order valence-corrected chi connectivity index (χ4v) is 2.63. The Balaban J connectivity index is 1.96. The number of hydrogen-bond donors (Lipinski definition) is 0. The van der Waals surface area contributed by atoms with Crippen molar-refractivity contribution in [1.29, 1.82) is 0 Å². The van der Waals surface area contributed by atoms with Crippen LogP contribution in [-0.2, 0) is 0 Å². The highest BCUT2D eigenvalue weighted by atomic mass is 16.5. The largest absolute Gasteiger partial charge is 0.497 e. The quantitative estimate of drug-likeness (QED) is 0.351. The Morgan fingerprint density at radius 3 is 2.07 bits per heavy atom. The second-order valence-electron chi connectivity index (χ2n) is 5.86. The predicted molar refractivity (Wildman–Crippen MR) is 111 cm³/mol. The summed E-state index contributed by atoms with van der Waals surface area (Å²) in [7, 11) is 3.16. The maximum Gasteiger partial charge on any atom is 0.213 e. The van der Waals surface area contributed by atoms with E-state index in [1.807, 2.05) is 54.6 Å². The van der Waals surface area contributed by atoms with E-state index in [0.29, 0.717) is 22.6 Å². The molecule has 5 heteroatoms. The molecule has 0 heterocycles. The van der Waals surface area contributed by atoms with Crippen LogP contribution in [0.15, 0.2) is 89.1 Å². The molecule has 28 heavy (non-hydrogen) atoms. The number of nitrogens with zero attached hydrogens (tertiary/aromatic N) is 2. The van der Waals surface area contributed by atoms with E-state index in [1.165, 1.54) is 0 Å². The minimum absolute atomic E-state index is 0.189. The lowest BCUT2D eigenvalue weighted by atomic mass is 10.0. The van der Waals surface area contributed by atoms with Crippen molar-refractivity contribution in [3.05, 3.63) is 95.6 Å². The van der Waals surface area contributed by atoms with Gasteiger partial charge in [0.25, 0.3) is 0 Å². The van der Waals surface area contributed by atoms with E-state index in [9.17, 15) is 4.79 Å². The highest BCUT2D eigenvalue weighted by Gasteiger charge is 2.16. The van der Waals surface area contributed by atoms with Gasteiger partial charge in [-0.1, -0.05) is 60.7 Å². The second-order valence-corrected chi connectivity index (χ2v) is 5.86. The summed E-state index contributed by atoms with van der Waals surface area (Å²) in [5.41, 5.74) is 2.26. The van der Waals surface area contributed by atoms with Crippen LogP contribution in [-0.4, -0.2) is 31.9 Å². The molecule has 140 valence electrons. The molecule has 0 aromatic heterocycles. The first-order chi connectivity index (χ1) is 13.7. The molecular formula is C23H20N2O3. The zero-order chi connectivity index (χ0) is 19.8. The Labute approximate surface area is 164 Å². The van der Waals surface area contributed by atoms with Crippen LogP contribution in [0.3, 0.4) is 0 Å². The number of ketones is 1. The van der Waals surface area contributed by atoms with Crippen LogP contribution in [0.5, 0.6) is 11.5 Å². The summed E-state index contributed by atoms with van der Waals surface area (Å²) in [6.07, 6.45) is 1.56. The van der Waals surface area contributed by atoms with Crippen molar-refractivity contribution < 1.29 is 14.3 Å². The van der Waals surface area contributed by atoms with Gasteiger partial charge in [-0.05, 0) is 12.1 Å². The molecule has 0 aliphatic heterocycles. The van der Waals surface area contributed by atoms with Crippen LogP contribution >= 0.6 is 0 Å². The summed E-state index contributed by atoms with van der Waals surface area (Å²) < 4.78 is 10.6. The molecule has 0 aliphatic rings. The highest BCUT2D eigenvalue weighted by molar-refractivity contribution is 6.51. The zero-order valence-electron chi connectivity index (χ0n) is 15.7. The van der Waals surface area contributed by atoms with E-state index in [0.717, 1.165) is 5.56 Å². The molecule has 5 nitrogen and oxygen atoms in total. The first kappa shape index (κ1) is 19.0. The molecule has 0 unspecified atom stereocenters. The molecule has 3 aromatic rings. The van der Waals surface area contributed by atoms with Gasteiger partial charge >= 0.3 is 0 Å². The van der Waals surface area contributed by atoms with Gasteiger partial charge in [0.05, 0.1) is 20.4 Å². The van der Waals surface area contributed by atoms with Gasteiger partial charge in [-0.15, -0.1) is 5.10 Å². The van der Waals surface area contributed by atoms with Crippen LogP contribution in [0.2, 0.25) is 0 Å². The molecule has 0 bridgehead atoms. The van der Waals surface area contributed by atoms with Crippen molar-refractivity contribution in [3.63, 3.8) is 0 Å². The van der Waals surface area contributed by atoms with Crippen molar-refractivity contribution in [2.75, 3.05) is 14.2 Å². The molecule has 3 rings (SSSR count). The van der Waals surface area contributed by atoms with Gasteiger partial charge in [0.2, 0.25) is 5.78 Å². The lowest BCUT2D eigenvalue weighted by molar-refractivity contribution is 0.106. The lowest BCUT2D eigenvalue weighted by Crippen LogP contribution is -2.15. The molecule has 0 aliphatic carbocycles. The fourth-order valence-electron chi connectivity index (χ4n) is 2.63. The summed E-state index contributed by atoms with van der Waals surface area (Å²) in [4.78, 5) is 12.9. The van der Waals surface area contributed by atoms with Crippen molar-refractivity contribution in [2.45, 2.75) is 0 Å². The number of carbonyl (C=O) groups excluding carboxylic acids is 1. The Bertz CT molecular complexity index is 997. The second kappa shape index (κ2) is 9.28. The van der Waals surface area contributed by atoms with Gasteiger partial charge in [0, 0.05) is 22.8 Å². The standard InChI is InChI=1S/C23H20N2O3/c1-27-20-14-13-19(21(15-20)28-2)16-24-25-22(17-9-5-3-6-10-17)23(26)18-11-7-4-8-12-18/h3-16H,1-2H3/b24-16-,25-22-. The van der Waals surface area contributed by atoms with Gasteiger partial charge < -0.3 is 9.47 Å². The van der Waals surface area contributed by atoms with Crippen molar-refractivity contribution >= 4 is 17.7 Å². The molecule has 0 radical (unpaired) electrons. The summed E-state index contributed by atoms with van der Waals surface area (Å²) in [6.45, 7) is 0. The summed E-state index contributed by atoms with van der Waals surface area (Å²) in [5, 5.41) is 8.38. The summed E-state index contributed by atoms with van der Waals surface area (Å²) >= 11 is 0. The molecule has 0 amide bonds. The minimum Gasteiger partial charge on any atom is -0.497 e. The minimum atomic E-state index is -0.189. The van der Waals surface area contributed by atoms with Crippen molar-refractivity contribution in [2.24, 2.45) is 10.2 Å². The number of ether oxygens (including phenoxy) is 2. The molecule has 0 atom stereocenters. The number of methoxy groups -OCH3 is 2. The van der Waals surface area contributed by atoms with E-state index in [2.05, 4.69) is 10.2 Å². The van der Waals surface area contributed by atoms with Crippen LogP contribution in [0.4, 0.5) is 0 Å². The third kappa shape index (κ3) is 4.51. The molecule has 0 N–H and O–H groups in total. The van der Waals surface area contributed by atoms with Crippen LogP contribution in [0.1, 0.15) is 21.5 Å². The number of rotatable bonds is 7. The van der Waals surface area contributed by atoms with Crippen molar-refractivity contribution in [1.82, 2.24) is 0 Å². The SMILES string of the molecule is COc1ccc(/C=N\N=C(/C(=O)c2ccccc2)c2ccccc2)c(OC)c1. The van der Waals surface area contributed by atoms with Crippen molar-refractivity contribution in [3.8, 4) is 11.5 Å². The third-order valence-corrected chi connectivity index (χ3v) is 4.09. The number of Topliss-reactive ketones (excluding diaryl/α,β-unsaturated/α-hetero) is 1. The number of hydrogen-bond acceptors (Lipinski definition) is 5. The summed E-state index contributed by atoms with van der Waals surface area (Å²) in [5.74, 6) is 1.10. The van der Waals surface area contributed by atoms with E-state index in [1.54, 1.807) is 44.7 Å².